The molecule has 0 heterocycles. The molecular formula is C10H12ClF. The summed E-state index contributed by atoms with van der Waals surface area (Å²) in [5.41, 5.74) is 1.75. The van der Waals surface area contributed by atoms with Crippen molar-refractivity contribution < 1.29 is 4.39 Å². The average molecular weight is 187 g/mol. The second-order valence-electron chi connectivity index (χ2n) is 3.13. The van der Waals surface area contributed by atoms with E-state index in [1.165, 1.54) is 0 Å². The number of alkyl halides is 1. The van der Waals surface area contributed by atoms with Crippen LogP contribution >= 0.6 is 11.6 Å². The van der Waals surface area contributed by atoms with Gasteiger partial charge >= 0.3 is 0 Å². The van der Waals surface area contributed by atoms with Crippen LogP contribution in [0, 0.1) is 0 Å². The van der Waals surface area contributed by atoms with E-state index in [1.54, 1.807) is 12.1 Å². The van der Waals surface area contributed by atoms with Crippen LogP contribution in [-0.4, -0.2) is 0 Å². The third kappa shape index (κ3) is 1.98. The molecule has 0 N–H and O–H groups in total. The van der Waals surface area contributed by atoms with E-state index in [-0.39, 0.29) is 0 Å². The van der Waals surface area contributed by atoms with Crippen molar-refractivity contribution in [2.75, 3.05) is 0 Å². The molecule has 0 aliphatic carbocycles. The summed E-state index contributed by atoms with van der Waals surface area (Å²) >= 11 is 5.80. The van der Waals surface area contributed by atoms with Crippen LogP contribution in [0.4, 0.5) is 4.39 Å². The van der Waals surface area contributed by atoms with Gasteiger partial charge in [0.1, 0.15) is 6.67 Å². The van der Waals surface area contributed by atoms with Gasteiger partial charge in [-0.05, 0) is 29.2 Å². The Bertz CT molecular complexity index is 269. The van der Waals surface area contributed by atoms with Crippen LogP contribution in [0.2, 0.25) is 5.02 Å². The number of hydrogen-bond donors (Lipinski definition) is 0. The predicted octanol–water partition coefficient (Wildman–Crippen LogP) is 3.93. The number of benzene rings is 1. The largest absolute Gasteiger partial charge is 0.246 e. The molecule has 1 aromatic carbocycles. The zero-order chi connectivity index (χ0) is 9.14. The van der Waals surface area contributed by atoms with Gasteiger partial charge in [0.05, 0.1) is 0 Å². The second-order valence-corrected chi connectivity index (χ2v) is 3.57. The first-order valence-electron chi connectivity index (χ1n) is 3.99. The van der Waals surface area contributed by atoms with Gasteiger partial charge < -0.3 is 0 Å². The molecule has 0 saturated heterocycles. The SMILES string of the molecule is CC(C)c1cc(Cl)ccc1CF. The third-order valence-corrected chi connectivity index (χ3v) is 2.11. The molecule has 1 aromatic rings. The molecule has 0 aliphatic heterocycles. The number of hydrogen-bond acceptors (Lipinski definition) is 0. The Morgan fingerprint density at radius 1 is 1.42 bits per heavy atom. The number of rotatable bonds is 2. The molecule has 0 nitrogen and oxygen atoms in total. The van der Waals surface area contributed by atoms with E-state index in [1.807, 2.05) is 19.9 Å². The summed E-state index contributed by atoms with van der Waals surface area (Å²) in [6.45, 7) is 3.65. The van der Waals surface area contributed by atoms with Gasteiger partial charge in [-0.25, -0.2) is 4.39 Å². The molecule has 0 spiro atoms. The topological polar surface area (TPSA) is 0 Å². The summed E-state index contributed by atoms with van der Waals surface area (Å²) in [6.07, 6.45) is 0. The van der Waals surface area contributed by atoms with E-state index >= 15 is 0 Å². The van der Waals surface area contributed by atoms with Crippen LogP contribution < -0.4 is 0 Å². The zero-order valence-electron chi connectivity index (χ0n) is 7.27. The molecule has 1 rings (SSSR count). The van der Waals surface area contributed by atoms with Gasteiger partial charge in [0.2, 0.25) is 0 Å². The quantitative estimate of drug-likeness (QED) is 0.657. The van der Waals surface area contributed by atoms with Crippen molar-refractivity contribution in [3.63, 3.8) is 0 Å². The van der Waals surface area contributed by atoms with Crippen molar-refractivity contribution in [1.29, 1.82) is 0 Å². The molecule has 0 unspecified atom stereocenters. The summed E-state index contributed by atoms with van der Waals surface area (Å²) in [4.78, 5) is 0. The van der Waals surface area contributed by atoms with Gasteiger partial charge in [-0.1, -0.05) is 31.5 Å². The van der Waals surface area contributed by atoms with E-state index in [2.05, 4.69) is 0 Å². The standard InChI is InChI=1S/C10H12ClF/c1-7(2)10-5-9(11)4-3-8(10)6-12/h3-5,7H,6H2,1-2H3. The number of halogens is 2. The van der Waals surface area contributed by atoms with Crippen molar-refractivity contribution >= 4 is 11.6 Å². The van der Waals surface area contributed by atoms with Crippen molar-refractivity contribution in [2.45, 2.75) is 26.4 Å². The molecule has 0 atom stereocenters. The van der Waals surface area contributed by atoms with Gasteiger partial charge in [0.25, 0.3) is 0 Å². The Balaban J connectivity index is 3.12. The van der Waals surface area contributed by atoms with Crippen LogP contribution in [0.1, 0.15) is 30.9 Å². The lowest BCUT2D eigenvalue weighted by molar-refractivity contribution is 0.481. The van der Waals surface area contributed by atoms with Crippen LogP contribution in [0.25, 0.3) is 0 Å². The first kappa shape index (κ1) is 9.53. The average Bonchev–Trinajstić information content (AvgIpc) is 2.04. The molecule has 2 heteroatoms. The summed E-state index contributed by atoms with van der Waals surface area (Å²) in [6, 6.07) is 5.31. The minimum Gasteiger partial charge on any atom is -0.246 e. The molecule has 66 valence electrons. The Hall–Kier alpha value is -0.560. The highest BCUT2D eigenvalue weighted by molar-refractivity contribution is 6.30. The van der Waals surface area contributed by atoms with E-state index in [9.17, 15) is 4.39 Å². The lowest BCUT2D eigenvalue weighted by atomic mass is 9.98. The lowest BCUT2D eigenvalue weighted by Gasteiger charge is -2.10. The summed E-state index contributed by atoms with van der Waals surface area (Å²) in [7, 11) is 0. The van der Waals surface area contributed by atoms with E-state index in [0.29, 0.717) is 10.9 Å². The van der Waals surface area contributed by atoms with Crippen molar-refractivity contribution in [3.05, 3.63) is 34.3 Å². The molecule has 0 aromatic heterocycles. The highest BCUT2D eigenvalue weighted by Crippen LogP contribution is 2.23. The third-order valence-electron chi connectivity index (χ3n) is 1.87. The van der Waals surface area contributed by atoms with Crippen molar-refractivity contribution in [2.24, 2.45) is 0 Å². The van der Waals surface area contributed by atoms with Gasteiger partial charge in [-0.2, -0.15) is 0 Å². The fraction of sp³-hybridized carbons (Fsp3) is 0.400. The summed E-state index contributed by atoms with van der Waals surface area (Å²) in [5, 5.41) is 0.677. The molecular weight excluding hydrogens is 175 g/mol. The molecule has 0 fully saturated rings. The predicted molar refractivity (Wildman–Crippen MR) is 50.4 cm³/mol. The van der Waals surface area contributed by atoms with Crippen LogP contribution in [0.3, 0.4) is 0 Å². The normalized spacial score (nSPS) is 10.8. The molecule has 0 saturated carbocycles. The van der Waals surface area contributed by atoms with Crippen molar-refractivity contribution in [3.8, 4) is 0 Å². The first-order valence-corrected chi connectivity index (χ1v) is 4.37. The van der Waals surface area contributed by atoms with E-state index in [0.717, 1.165) is 11.1 Å². The van der Waals surface area contributed by atoms with Crippen LogP contribution in [0.15, 0.2) is 18.2 Å². The monoisotopic (exact) mass is 186 g/mol. The molecule has 0 bridgehead atoms. The second kappa shape index (κ2) is 3.90. The Labute approximate surface area is 77.4 Å². The Morgan fingerprint density at radius 3 is 2.58 bits per heavy atom. The van der Waals surface area contributed by atoms with Crippen molar-refractivity contribution in [1.82, 2.24) is 0 Å². The lowest BCUT2D eigenvalue weighted by Crippen LogP contribution is -1.93. The highest BCUT2D eigenvalue weighted by atomic mass is 35.5. The van der Waals surface area contributed by atoms with Gasteiger partial charge in [-0.3, -0.25) is 0 Å². The van der Waals surface area contributed by atoms with Gasteiger partial charge in [-0.15, -0.1) is 0 Å². The molecule has 0 aliphatic rings. The maximum absolute atomic E-state index is 12.4. The smallest absolute Gasteiger partial charge is 0.115 e. The van der Waals surface area contributed by atoms with E-state index < -0.39 is 6.67 Å². The molecule has 0 amide bonds. The summed E-state index contributed by atoms with van der Waals surface area (Å²) in [5.74, 6) is 0.328. The maximum atomic E-state index is 12.4. The zero-order valence-corrected chi connectivity index (χ0v) is 8.03. The summed E-state index contributed by atoms with van der Waals surface area (Å²) < 4.78 is 12.4. The highest BCUT2D eigenvalue weighted by Gasteiger charge is 2.06. The minimum absolute atomic E-state index is 0.328. The first-order chi connectivity index (χ1) is 5.65. The minimum atomic E-state index is -0.412. The van der Waals surface area contributed by atoms with E-state index in [4.69, 9.17) is 11.6 Å². The van der Waals surface area contributed by atoms with Gasteiger partial charge in [0, 0.05) is 5.02 Å². The van der Waals surface area contributed by atoms with Gasteiger partial charge in [0.15, 0.2) is 0 Å². The molecule has 0 radical (unpaired) electrons. The van der Waals surface area contributed by atoms with Crippen LogP contribution in [0.5, 0.6) is 0 Å². The Kier molecular flexibility index (Phi) is 3.10. The Morgan fingerprint density at radius 2 is 2.08 bits per heavy atom. The fourth-order valence-electron chi connectivity index (χ4n) is 1.22. The van der Waals surface area contributed by atoms with Crippen LogP contribution in [-0.2, 0) is 6.67 Å². The fourth-order valence-corrected chi connectivity index (χ4v) is 1.41. The maximum Gasteiger partial charge on any atom is 0.115 e. The molecule has 12 heavy (non-hydrogen) atoms.